The van der Waals surface area contributed by atoms with E-state index in [0.29, 0.717) is 89.6 Å². The van der Waals surface area contributed by atoms with Gasteiger partial charge in [0, 0.05) is 38.3 Å². The fourth-order valence-electron chi connectivity index (χ4n) is 9.23. The molecule has 364 valence electrons. The highest BCUT2D eigenvalue weighted by atomic mass is 16.5. The third-order valence-corrected chi connectivity index (χ3v) is 12.8. The molecule has 4 heterocycles. The van der Waals surface area contributed by atoms with Gasteiger partial charge in [-0.05, 0) is 103 Å². The van der Waals surface area contributed by atoms with Crippen molar-refractivity contribution in [1.82, 2.24) is 28.9 Å². The minimum atomic E-state index is -0.944. The van der Waals surface area contributed by atoms with Gasteiger partial charge in [0.1, 0.15) is 22.5 Å². The number of ether oxygens (including phenoxy) is 3. The van der Waals surface area contributed by atoms with Gasteiger partial charge in [-0.3, -0.25) is 19.2 Å². The van der Waals surface area contributed by atoms with E-state index in [1.54, 1.807) is 45.6 Å². The summed E-state index contributed by atoms with van der Waals surface area (Å²) < 4.78 is 21.1. The average molecular weight is 958 g/mol. The summed E-state index contributed by atoms with van der Waals surface area (Å²) in [6.07, 6.45) is 1.20. The van der Waals surface area contributed by atoms with Crippen molar-refractivity contribution in [3.63, 3.8) is 0 Å². The number of rotatable bonds is 13. The number of nitrogens with zero attached hydrogens (tertiary/aromatic N) is 6. The highest BCUT2D eigenvalue weighted by Gasteiger charge is 2.34. The Kier molecular flexibility index (Phi) is 14.4. The number of benzene rings is 6. The van der Waals surface area contributed by atoms with Gasteiger partial charge in [0.2, 0.25) is 11.9 Å². The standard InChI is InChI=1S/C28H28N4O4.C26H24N4O4.CH4/c1-3-35-25(33)17-23(18-8-5-4-6-9-18)32-15-14-19-16-20(12-13-21(19)27(32)34)36-24-11-7-10-22-26(24)30-28(29)31(22)2;1-29-20-8-5-9-22(24(20)28-26(29)27)34-18-10-11-19-17(14-18)12-13-30(25(19)33)21(15-23(31)32)16-6-3-2-4-7-16;/h4-13,16,23H,3,14-15,17H2,1-2H3,(H2,29,30);2-11,14,21H,12-13,15H2,1H3,(H2,27,28)(H,31,32);1H4/p+1. The van der Waals surface area contributed by atoms with Crippen molar-refractivity contribution in [1.29, 1.82) is 0 Å². The summed E-state index contributed by atoms with van der Waals surface area (Å²) in [6, 6.07) is 40.1. The minimum absolute atomic E-state index is 0. The number of para-hydroxylation sites is 2. The summed E-state index contributed by atoms with van der Waals surface area (Å²) in [4.78, 5) is 63.1. The number of aryl methyl sites for hydroxylation is 2. The second-order valence-electron chi connectivity index (χ2n) is 17.1. The second-order valence-corrected chi connectivity index (χ2v) is 17.1. The van der Waals surface area contributed by atoms with E-state index >= 15 is 0 Å². The van der Waals surface area contributed by atoms with Crippen LogP contribution >= 0.6 is 0 Å². The Hall–Kier alpha value is -8.66. The zero-order valence-corrected chi connectivity index (χ0v) is 38.9. The van der Waals surface area contributed by atoms with Crippen molar-refractivity contribution in [3.05, 3.63) is 167 Å². The van der Waals surface area contributed by atoms with Crippen molar-refractivity contribution in [2.24, 2.45) is 14.1 Å². The van der Waals surface area contributed by atoms with Crippen LogP contribution in [0.1, 0.15) is 83.7 Å². The average Bonchev–Trinajstić information content (AvgIpc) is 3.83. The van der Waals surface area contributed by atoms with Crippen LogP contribution in [-0.2, 0) is 41.3 Å². The van der Waals surface area contributed by atoms with Gasteiger partial charge in [-0.15, -0.1) is 0 Å². The summed E-state index contributed by atoms with van der Waals surface area (Å²) in [5.74, 6) is 1.66. The van der Waals surface area contributed by atoms with Crippen molar-refractivity contribution in [3.8, 4) is 23.0 Å². The third-order valence-electron chi connectivity index (χ3n) is 12.8. The van der Waals surface area contributed by atoms with E-state index in [1.165, 1.54) is 0 Å². The number of carboxylic acids is 1. The fourth-order valence-corrected chi connectivity index (χ4v) is 9.23. The lowest BCUT2D eigenvalue weighted by Crippen LogP contribution is -2.41. The van der Waals surface area contributed by atoms with Gasteiger partial charge in [0.25, 0.3) is 11.8 Å². The van der Waals surface area contributed by atoms with Gasteiger partial charge in [-0.1, -0.05) is 80.2 Å². The zero-order valence-electron chi connectivity index (χ0n) is 39.9. The quantitative estimate of drug-likeness (QED) is 0.0923. The molecule has 6 aromatic carbocycles. The van der Waals surface area contributed by atoms with Gasteiger partial charge < -0.3 is 49.7 Å². The van der Waals surface area contributed by atoms with Crippen LogP contribution in [0.4, 0.5) is 11.9 Å². The Labute approximate surface area is 412 Å². The third kappa shape index (κ3) is 10.1. The normalized spacial score (nSPS) is 13.8. The first kappa shape index (κ1) is 48.8. The van der Waals surface area contributed by atoms with Gasteiger partial charge in [-0.25, -0.2) is 9.97 Å². The topological polar surface area (TPSA) is 210 Å². The molecule has 71 heavy (non-hydrogen) atoms. The molecule has 2 aliphatic heterocycles. The first-order valence-corrected chi connectivity index (χ1v) is 23.0. The van der Waals surface area contributed by atoms with Crippen LogP contribution in [0.15, 0.2) is 133 Å². The second kappa shape index (κ2) is 20.9. The Balaban J connectivity index is 0.000000206. The van der Waals surface area contributed by atoms with Crippen molar-refractivity contribution >= 4 is 57.7 Å². The predicted molar refractivity (Wildman–Crippen MR) is 272 cm³/mol. The van der Waals surface area contributed by atoms with Gasteiger partial charge in [0.05, 0.1) is 42.6 Å². The lowest BCUT2D eigenvalue weighted by atomic mass is 9.94. The van der Waals surface area contributed by atoms with Gasteiger partial charge in [0.15, 0.2) is 11.5 Å². The molecular weight excluding hydrogens is 901 g/mol. The molecule has 0 radical (unpaired) electrons. The molecule has 0 saturated carbocycles. The lowest BCUT2D eigenvalue weighted by molar-refractivity contribution is -0.144. The molecule has 2 amide bonds. The SMILES string of the molecule is C.CCOC(=O)CC(c1ccccc1)N1CCc2cc(Oc3cccc4c3nc(N)n4C)ccc2C1=O.Cn1c(N)nc2c(Oc3ccc4c(c3)CCN(C(CC(=O)O)c3ccccc3)C4=O)cccc21.[H+]. The molecule has 0 spiro atoms. The lowest BCUT2D eigenvalue weighted by Gasteiger charge is -2.35. The Bertz CT molecular complexity index is 3270. The van der Waals surface area contributed by atoms with Crippen LogP contribution < -0.4 is 20.9 Å². The number of fused-ring (bicyclic) bond motifs is 4. The van der Waals surface area contributed by atoms with E-state index in [4.69, 9.17) is 25.7 Å². The van der Waals surface area contributed by atoms with Gasteiger partial charge >= 0.3 is 13.4 Å². The number of esters is 1. The number of aromatic nitrogens is 4. The number of anilines is 2. The van der Waals surface area contributed by atoms with Crippen LogP contribution in [0.3, 0.4) is 0 Å². The fraction of sp³-hybridized carbons (Fsp3) is 0.236. The van der Waals surface area contributed by atoms with E-state index < -0.39 is 18.1 Å². The number of carbonyl (C=O) groups is 4. The van der Waals surface area contributed by atoms with E-state index in [0.717, 1.165) is 33.3 Å². The zero-order chi connectivity index (χ0) is 49.1. The predicted octanol–water partition coefficient (Wildman–Crippen LogP) is 9.55. The summed E-state index contributed by atoms with van der Waals surface area (Å²) in [6.45, 7) is 2.99. The van der Waals surface area contributed by atoms with E-state index in [-0.39, 0.29) is 39.5 Å². The minimum Gasteiger partial charge on any atom is -0.481 e. The van der Waals surface area contributed by atoms with Crippen molar-refractivity contribution in [2.75, 3.05) is 31.2 Å². The van der Waals surface area contributed by atoms with Crippen molar-refractivity contribution in [2.45, 2.75) is 52.1 Å². The maximum atomic E-state index is 13.6. The molecule has 5 N–H and O–H groups in total. The molecule has 2 atom stereocenters. The molecule has 16 heteroatoms. The maximum absolute atomic E-state index is 13.6. The largest absolute Gasteiger partial charge is 1.00 e. The summed E-state index contributed by atoms with van der Waals surface area (Å²) in [5.41, 5.74) is 19.7. The Morgan fingerprint density at radius 1 is 0.634 bits per heavy atom. The van der Waals surface area contributed by atoms with Gasteiger partial charge in [-0.2, -0.15) is 0 Å². The molecule has 2 aliphatic rings. The maximum Gasteiger partial charge on any atom is 1.00 e. The molecule has 0 saturated heterocycles. The van der Waals surface area contributed by atoms with E-state index in [2.05, 4.69) is 9.97 Å². The number of carboxylic acid groups (broad SMARTS) is 1. The van der Waals surface area contributed by atoms with Crippen LogP contribution in [0.2, 0.25) is 0 Å². The molecule has 0 bridgehead atoms. The number of hydrogen-bond acceptors (Lipinski definition) is 11. The summed E-state index contributed by atoms with van der Waals surface area (Å²) >= 11 is 0. The smallest absolute Gasteiger partial charge is 0.481 e. The molecule has 2 unspecified atom stereocenters. The highest BCUT2D eigenvalue weighted by Crippen LogP contribution is 2.37. The van der Waals surface area contributed by atoms with Crippen LogP contribution in [0.5, 0.6) is 23.0 Å². The van der Waals surface area contributed by atoms with E-state index in [9.17, 15) is 24.3 Å². The number of nitrogens with two attached hydrogens (primary N) is 2. The van der Waals surface area contributed by atoms with E-state index in [1.807, 2.05) is 128 Å². The van der Waals surface area contributed by atoms with Crippen LogP contribution in [0.25, 0.3) is 22.1 Å². The number of nitrogen functional groups attached to an aromatic ring is 2. The number of hydrogen-bond donors (Lipinski definition) is 3. The first-order valence-electron chi connectivity index (χ1n) is 23.0. The molecular formula is C55H57N8O8+. The number of aliphatic carboxylic acids is 1. The molecule has 0 fully saturated rings. The summed E-state index contributed by atoms with van der Waals surface area (Å²) in [5, 5.41) is 9.46. The van der Waals surface area contributed by atoms with Crippen LogP contribution in [0, 0.1) is 0 Å². The molecule has 10 rings (SSSR count). The monoisotopic (exact) mass is 957 g/mol. The first-order chi connectivity index (χ1) is 33.9. The molecule has 8 aromatic rings. The molecule has 16 nitrogen and oxygen atoms in total. The molecule has 2 aromatic heterocycles. The molecule has 0 aliphatic carbocycles. The number of imidazole rings is 2. The van der Waals surface area contributed by atoms with Crippen molar-refractivity contribution < 1.29 is 39.9 Å². The summed E-state index contributed by atoms with van der Waals surface area (Å²) in [7, 11) is 3.70. The number of carbonyl (C=O) groups excluding carboxylic acids is 3. The highest BCUT2D eigenvalue weighted by molar-refractivity contribution is 5.98. The Morgan fingerprint density at radius 3 is 1.49 bits per heavy atom. The number of amides is 2. The van der Waals surface area contributed by atoms with Crippen LogP contribution in [-0.4, -0.2) is 77.5 Å². The Morgan fingerprint density at radius 2 is 1.07 bits per heavy atom.